The highest BCUT2D eigenvalue weighted by atomic mass is 16.5. The van der Waals surface area contributed by atoms with E-state index in [1.54, 1.807) is 0 Å². The molecule has 1 heterocycles. The SMILES string of the molecule is CCCN(Cc1c(CC)nn(-c2ccccc2)c1Oc1ccccc1)CC(O)c1ccccc1. The number of hydrogen-bond donors (Lipinski definition) is 1. The summed E-state index contributed by atoms with van der Waals surface area (Å²) >= 11 is 0. The van der Waals surface area contributed by atoms with Gasteiger partial charge in [0.1, 0.15) is 5.75 Å². The van der Waals surface area contributed by atoms with E-state index in [9.17, 15) is 5.11 Å². The summed E-state index contributed by atoms with van der Waals surface area (Å²) in [6.07, 6.45) is 1.23. The van der Waals surface area contributed by atoms with Gasteiger partial charge in [-0.05, 0) is 49.2 Å². The van der Waals surface area contributed by atoms with Crippen LogP contribution < -0.4 is 4.74 Å². The highest BCUT2D eigenvalue weighted by molar-refractivity contribution is 5.43. The number of nitrogens with zero attached hydrogens (tertiary/aromatic N) is 3. The first-order valence-electron chi connectivity index (χ1n) is 12.0. The van der Waals surface area contributed by atoms with Crippen molar-refractivity contribution < 1.29 is 9.84 Å². The average Bonchev–Trinajstić information content (AvgIpc) is 3.22. The van der Waals surface area contributed by atoms with Crippen molar-refractivity contribution >= 4 is 0 Å². The van der Waals surface area contributed by atoms with Crippen molar-refractivity contribution in [3.63, 3.8) is 0 Å². The Morgan fingerprint density at radius 3 is 2.12 bits per heavy atom. The molecule has 0 bridgehead atoms. The van der Waals surface area contributed by atoms with Gasteiger partial charge in [-0.25, -0.2) is 4.68 Å². The molecule has 0 saturated carbocycles. The number of aliphatic hydroxyl groups excluding tert-OH is 1. The number of ether oxygens (including phenoxy) is 1. The van der Waals surface area contributed by atoms with E-state index in [0.29, 0.717) is 13.1 Å². The van der Waals surface area contributed by atoms with Gasteiger partial charge in [-0.3, -0.25) is 4.90 Å². The molecule has 0 amide bonds. The molecule has 0 radical (unpaired) electrons. The molecular formula is C29H33N3O2. The van der Waals surface area contributed by atoms with Crippen molar-refractivity contribution in [2.45, 2.75) is 39.3 Å². The Labute approximate surface area is 202 Å². The first-order valence-corrected chi connectivity index (χ1v) is 12.0. The van der Waals surface area contributed by atoms with E-state index >= 15 is 0 Å². The van der Waals surface area contributed by atoms with Crippen LogP contribution in [0.15, 0.2) is 91.0 Å². The van der Waals surface area contributed by atoms with Crippen LogP contribution in [0.25, 0.3) is 5.69 Å². The van der Waals surface area contributed by atoms with Crippen LogP contribution in [-0.2, 0) is 13.0 Å². The van der Waals surface area contributed by atoms with Crippen LogP contribution >= 0.6 is 0 Å². The lowest BCUT2D eigenvalue weighted by atomic mass is 10.1. The second kappa shape index (κ2) is 11.6. The van der Waals surface area contributed by atoms with Crippen molar-refractivity contribution in [3.05, 3.63) is 108 Å². The third-order valence-electron chi connectivity index (χ3n) is 5.85. The number of hydrogen-bond acceptors (Lipinski definition) is 4. The molecule has 34 heavy (non-hydrogen) atoms. The molecule has 0 fully saturated rings. The van der Waals surface area contributed by atoms with Gasteiger partial charge in [0, 0.05) is 13.1 Å². The fraction of sp³-hybridized carbons (Fsp3) is 0.276. The van der Waals surface area contributed by atoms with Crippen molar-refractivity contribution in [2.75, 3.05) is 13.1 Å². The number of para-hydroxylation sites is 2. The zero-order chi connectivity index (χ0) is 23.8. The van der Waals surface area contributed by atoms with Crippen LogP contribution in [0, 0.1) is 0 Å². The van der Waals surface area contributed by atoms with Crippen molar-refractivity contribution in [2.24, 2.45) is 0 Å². The molecule has 1 unspecified atom stereocenters. The van der Waals surface area contributed by atoms with Gasteiger partial charge < -0.3 is 9.84 Å². The molecule has 1 N–H and O–H groups in total. The van der Waals surface area contributed by atoms with Crippen LogP contribution in [0.2, 0.25) is 0 Å². The lowest BCUT2D eigenvalue weighted by molar-refractivity contribution is 0.108. The summed E-state index contributed by atoms with van der Waals surface area (Å²) in [6, 6.07) is 29.8. The van der Waals surface area contributed by atoms with Gasteiger partial charge in [0.05, 0.1) is 23.0 Å². The largest absolute Gasteiger partial charge is 0.439 e. The highest BCUT2D eigenvalue weighted by Gasteiger charge is 2.23. The first-order chi connectivity index (χ1) is 16.7. The molecule has 0 spiro atoms. The molecule has 5 heteroatoms. The Kier molecular flexibility index (Phi) is 8.12. The maximum absolute atomic E-state index is 10.9. The summed E-state index contributed by atoms with van der Waals surface area (Å²) in [5.74, 6) is 1.50. The van der Waals surface area contributed by atoms with Crippen molar-refractivity contribution in [1.82, 2.24) is 14.7 Å². The van der Waals surface area contributed by atoms with Crippen LogP contribution in [-0.4, -0.2) is 32.9 Å². The van der Waals surface area contributed by atoms with E-state index < -0.39 is 6.10 Å². The minimum absolute atomic E-state index is 0.544. The Morgan fingerprint density at radius 2 is 1.50 bits per heavy atom. The van der Waals surface area contributed by atoms with Gasteiger partial charge in [0.25, 0.3) is 0 Å². The number of aromatic nitrogens is 2. The molecule has 0 aliphatic heterocycles. The summed E-state index contributed by atoms with van der Waals surface area (Å²) in [6.45, 7) is 6.35. The van der Waals surface area contributed by atoms with Crippen LogP contribution in [0.3, 0.4) is 0 Å². The van der Waals surface area contributed by atoms with E-state index in [1.807, 2.05) is 95.7 Å². The van der Waals surface area contributed by atoms with E-state index in [2.05, 4.69) is 18.7 Å². The van der Waals surface area contributed by atoms with Crippen LogP contribution in [0.1, 0.15) is 43.2 Å². The van der Waals surface area contributed by atoms with Crippen molar-refractivity contribution in [3.8, 4) is 17.3 Å². The quantitative estimate of drug-likeness (QED) is 0.294. The maximum atomic E-state index is 10.9. The van der Waals surface area contributed by atoms with Gasteiger partial charge in [-0.2, -0.15) is 5.10 Å². The van der Waals surface area contributed by atoms with Gasteiger partial charge in [-0.1, -0.05) is 80.6 Å². The van der Waals surface area contributed by atoms with Crippen LogP contribution in [0.4, 0.5) is 0 Å². The minimum atomic E-state index is -0.555. The number of rotatable bonds is 11. The standard InChI is InChI=1S/C29H33N3O2/c1-3-20-31(22-28(33)23-14-8-5-9-15-23)21-26-27(4-2)30-32(24-16-10-6-11-17-24)29(26)34-25-18-12-7-13-19-25/h5-19,28,33H,3-4,20-22H2,1-2H3. The van der Waals surface area contributed by atoms with E-state index in [-0.39, 0.29) is 0 Å². The first kappa shape index (κ1) is 23.7. The predicted octanol–water partition coefficient (Wildman–Crippen LogP) is 6.17. The Balaban J connectivity index is 1.70. The highest BCUT2D eigenvalue weighted by Crippen LogP contribution is 2.32. The fourth-order valence-corrected chi connectivity index (χ4v) is 4.17. The topological polar surface area (TPSA) is 50.5 Å². The summed E-state index contributed by atoms with van der Waals surface area (Å²) in [5.41, 5.74) is 3.95. The normalized spacial score (nSPS) is 12.1. The fourth-order valence-electron chi connectivity index (χ4n) is 4.17. The Morgan fingerprint density at radius 1 is 0.882 bits per heavy atom. The Bertz CT molecular complexity index is 1140. The lowest BCUT2D eigenvalue weighted by Gasteiger charge is -2.25. The van der Waals surface area contributed by atoms with E-state index in [4.69, 9.17) is 9.84 Å². The van der Waals surface area contributed by atoms with Gasteiger partial charge in [0.2, 0.25) is 5.88 Å². The second-order valence-electron chi connectivity index (χ2n) is 8.41. The van der Waals surface area contributed by atoms with Crippen molar-refractivity contribution in [1.29, 1.82) is 0 Å². The third kappa shape index (κ3) is 5.74. The van der Waals surface area contributed by atoms with Gasteiger partial charge >= 0.3 is 0 Å². The zero-order valence-corrected chi connectivity index (χ0v) is 20.0. The third-order valence-corrected chi connectivity index (χ3v) is 5.85. The zero-order valence-electron chi connectivity index (χ0n) is 20.0. The summed E-state index contributed by atoms with van der Waals surface area (Å²) in [4.78, 5) is 2.29. The molecule has 0 saturated heterocycles. The molecule has 3 aromatic carbocycles. The van der Waals surface area contributed by atoms with Gasteiger partial charge in [-0.15, -0.1) is 0 Å². The minimum Gasteiger partial charge on any atom is -0.439 e. The number of benzene rings is 3. The average molecular weight is 456 g/mol. The van der Waals surface area contributed by atoms with E-state index in [1.165, 1.54) is 0 Å². The molecule has 0 aliphatic rings. The van der Waals surface area contributed by atoms with Crippen LogP contribution in [0.5, 0.6) is 11.6 Å². The lowest BCUT2D eigenvalue weighted by Crippen LogP contribution is -2.29. The number of aliphatic hydroxyl groups is 1. The monoisotopic (exact) mass is 455 g/mol. The predicted molar refractivity (Wildman–Crippen MR) is 136 cm³/mol. The smallest absolute Gasteiger partial charge is 0.227 e. The molecule has 1 atom stereocenters. The molecule has 1 aromatic heterocycles. The molecule has 176 valence electrons. The van der Waals surface area contributed by atoms with E-state index in [0.717, 1.165) is 53.5 Å². The summed E-state index contributed by atoms with van der Waals surface area (Å²) in [5, 5.41) is 15.9. The summed E-state index contributed by atoms with van der Waals surface area (Å²) in [7, 11) is 0. The second-order valence-corrected chi connectivity index (χ2v) is 8.41. The Hall–Kier alpha value is -3.41. The molecule has 4 rings (SSSR count). The molecule has 5 nitrogen and oxygen atoms in total. The number of aryl methyl sites for hydroxylation is 1. The molecule has 4 aromatic rings. The van der Waals surface area contributed by atoms with Gasteiger partial charge in [0.15, 0.2) is 0 Å². The maximum Gasteiger partial charge on any atom is 0.227 e. The molecular weight excluding hydrogens is 422 g/mol. The summed E-state index contributed by atoms with van der Waals surface area (Å²) < 4.78 is 8.36. The molecule has 0 aliphatic carbocycles.